The van der Waals surface area contributed by atoms with E-state index in [1.165, 1.54) is 11.1 Å². The van der Waals surface area contributed by atoms with Crippen LogP contribution in [0.25, 0.3) is 0 Å². The summed E-state index contributed by atoms with van der Waals surface area (Å²) >= 11 is 0. The zero-order valence-corrected chi connectivity index (χ0v) is 11.3. The van der Waals surface area contributed by atoms with Gasteiger partial charge in [-0.15, -0.1) is 0 Å². The van der Waals surface area contributed by atoms with Crippen LogP contribution in [-0.4, -0.2) is 22.5 Å². The summed E-state index contributed by atoms with van der Waals surface area (Å²) in [5, 5.41) is 3.32. The maximum Gasteiger partial charge on any atom is 0.0491 e. The van der Waals surface area contributed by atoms with E-state index < -0.39 is 10.8 Å². The minimum absolute atomic E-state index is 0.171. The molecule has 3 unspecified atom stereocenters. The lowest BCUT2D eigenvalue weighted by Crippen LogP contribution is -2.36. The number of hydrogen-bond donors (Lipinski definition) is 1. The van der Waals surface area contributed by atoms with E-state index in [2.05, 4.69) is 31.3 Å². The molecule has 0 saturated carbocycles. The molecule has 0 aliphatic carbocycles. The summed E-state index contributed by atoms with van der Waals surface area (Å²) in [6.45, 7) is 6.18. The lowest BCUT2D eigenvalue weighted by Gasteiger charge is -2.19. The minimum Gasteiger partial charge on any atom is -0.316 e. The molecule has 1 N–H and O–H groups in total. The first kappa shape index (κ1) is 13.4. The number of benzene rings is 1. The van der Waals surface area contributed by atoms with Crippen molar-refractivity contribution in [2.24, 2.45) is 0 Å². The monoisotopic (exact) mass is 239 g/mol. The van der Waals surface area contributed by atoms with E-state index in [0.29, 0.717) is 5.75 Å². The van der Waals surface area contributed by atoms with Crippen molar-refractivity contribution in [1.29, 1.82) is 0 Å². The average molecular weight is 239 g/mol. The van der Waals surface area contributed by atoms with Crippen LogP contribution >= 0.6 is 0 Å². The standard InChI is InChI=1S/C13H21NOS/c1-10-7-5-6-8-13(10)9-16(15)12(3)11(2)14-4/h5-8,11-12,14H,9H2,1-4H3. The Hall–Kier alpha value is -0.670. The lowest BCUT2D eigenvalue weighted by atomic mass is 10.1. The van der Waals surface area contributed by atoms with Crippen molar-refractivity contribution in [3.05, 3.63) is 35.4 Å². The fraction of sp³-hybridized carbons (Fsp3) is 0.538. The molecule has 16 heavy (non-hydrogen) atoms. The highest BCUT2D eigenvalue weighted by Crippen LogP contribution is 2.13. The van der Waals surface area contributed by atoms with E-state index in [4.69, 9.17) is 0 Å². The van der Waals surface area contributed by atoms with E-state index in [1.807, 2.05) is 26.1 Å². The van der Waals surface area contributed by atoms with Gasteiger partial charge in [-0.05, 0) is 38.9 Å². The number of aryl methyl sites for hydroxylation is 1. The first-order valence-corrected chi connectivity index (χ1v) is 7.03. The van der Waals surface area contributed by atoms with Crippen molar-refractivity contribution in [2.75, 3.05) is 7.05 Å². The molecule has 0 radical (unpaired) electrons. The van der Waals surface area contributed by atoms with Crippen molar-refractivity contribution >= 4 is 10.8 Å². The van der Waals surface area contributed by atoms with Crippen LogP contribution in [0, 0.1) is 6.92 Å². The van der Waals surface area contributed by atoms with Gasteiger partial charge in [0.2, 0.25) is 0 Å². The smallest absolute Gasteiger partial charge is 0.0491 e. The van der Waals surface area contributed by atoms with Gasteiger partial charge >= 0.3 is 0 Å². The zero-order chi connectivity index (χ0) is 12.1. The third-order valence-corrected chi connectivity index (χ3v) is 4.97. The second-order valence-electron chi connectivity index (χ2n) is 4.23. The SMILES string of the molecule is CNC(C)C(C)S(=O)Cc1ccccc1C. The third kappa shape index (κ3) is 3.42. The fourth-order valence-electron chi connectivity index (χ4n) is 1.52. The summed E-state index contributed by atoms with van der Waals surface area (Å²) in [6, 6.07) is 8.43. The largest absolute Gasteiger partial charge is 0.316 e. The normalized spacial score (nSPS) is 16.8. The Balaban J connectivity index is 2.68. The van der Waals surface area contributed by atoms with Gasteiger partial charge in [-0.2, -0.15) is 0 Å². The molecule has 0 saturated heterocycles. The number of nitrogens with one attached hydrogen (secondary N) is 1. The molecule has 0 aliphatic heterocycles. The minimum atomic E-state index is -0.819. The van der Waals surface area contributed by atoms with E-state index in [1.54, 1.807) is 0 Å². The quantitative estimate of drug-likeness (QED) is 0.854. The van der Waals surface area contributed by atoms with Crippen LogP contribution in [0.4, 0.5) is 0 Å². The highest BCUT2D eigenvalue weighted by molar-refractivity contribution is 7.84. The van der Waals surface area contributed by atoms with Gasteiger partial charge in [-0.3, -0.25) is 4.21 Å². The van der Waals surface area contributed by atoms with Gasteiger partial charge in [0.25, 0.3) is 0 Å². The fourth-order valence-corrected chi connectivity index (χ4v) is 3.00. The maximum atomic E-state index is 12.1. The Morgan fingerprint density at radius 2 is 1.94 bits per heavy atom. The Bertz CT molecular complexity index is 365. The second-order valence-corrected chi connectivity index (χ2v) is 6.03. The Labute approximate surface area is 101 Å². The molecule has 3 atom stereocenters. The first-order valence-electron chi connectivity index (χ1n) is 5.65. The number of hydrogen-bond acceptors (Lipinski definition) is 2. The van der Waals surface area contributed by atoms with Gasteiger partial charge in [0.05, 0.1) is 0 Å². The summed E-state index contributed by atoms with van der Waals surface area (Å²) in [7, 11) is 1.09. The molecule has 2 nitrogen and oxygen atoms in total. The maximum absolute atomic E-state index is 12.1. The average Bonchev–Trinajstić information content (AvgIpc) is 2.30. The van der Waals surface area contributed by atoms with Crippen LogP contribution in [0.1, 0.15) is 25.0 Å². The van der Waals surface area contributed by atoms with Gasteiger partial charge in [-0.25, -0.2) is 0 Å². The van der Waals surface area contributed by atoms with Crippen molar-refractivity contribution in [3.8, 4) is 0 Å². The molecule has 3 heteroatoms. The Kier molecular flexibility index (Phi) is 5.16. The molecule has 1 rings (SSSR count). The van der Waals surface area contributed by atoms with E-state index >= 15 is 0 Å². The number of rotatable bonds is 5. The molecule has 90 valence electrons. The van der Waals surface area contributed by atoms with E-state index in [-0.39, 0.29) is 11.3 Å². The van der Waals surface area contributed by atoms with Crippen molar-refractivity contribution in [2.45, 2.75) is 37.8 Å². The predicted octanol–water partition coefficient (Wildman–Crippen LogP) is 2.24. The van der Waals surface area contributed by atoms with Gasteiger partial charge in [-0.1, -0.05) is 24.3 Å². The van der Waals surface area contributed by atoms with E-state index in [9.17, 15) is 4.21 Å². The van der Waals surface area contributed by atoms with Crippen LogP contribution in [0.2, 0.25) is 0 Å². The van der Waals surface area contributed by atoms with Crippen molar-refractivity contribution in [1.82, 2.24) is 5.32 Å². The molecule has 0 aliphatic rings. The van der Waals surface area contributed by atoms with Crippen molar-refractivity contribution < 1.29 is 4.21 Å². The topological polar surface area (TPSA) is 29.1 Å². The highest BCUT2D eigenvalue weighted by atomic mass is 32.2. The molecule has 0 fully saturated rings. The molecule has 0 heterocycles. The molecule has 0 bridgehead atoms. The summed E-state index contributed by atoms with van der Waals surface area (Å²) in [4.78, 5) is 0. The van der Waals surface area contributed by atoms with Crippen LogP contribution in [0.3, 0.4) is 0 Å². The second kappa shape index (κ2) is 6.16. The van der Waals surface area contributed by atoms with Gasteiger partial charge in [0.1, 0.15) is 0 Å². The van der Waals surface area contributed by atoms with Gasteiger partial charge in [0.15, 0.2) is 0 Å². The molecule has 0 aromatic heterocycles. The summed E-state index contributed by atoms with van der Waals surface area (Å²) in [5.74, 6) is 0.653. The predicted molar refractivity (Wildman–Crippen MR) is 71.0 cm³/mol. The molecule has 0 amide bonds. The summed E-state index contributed by atoms with van der Waals surface area (Å²) < 4.78 is 12.1. The summed E-state index contributed by atoms with van der Waals surface area (Å²) in [5.41, 5.74) is 2.41. The van der Waals surface area contributed by atoms with Gasteiger partial charge < -0.3 is 5.32 Å². The molecular formula is C13H21NOS. The molecule has 1 aromatic rings. The van der Waals surface area contributed by atoms with Gasteiger partial charge in [0, 0.05) is 27.8 Å². The Morgan fingerprint density at radius 1 is 1.31 bits per heavy atom. The van der Waals surface area contributed by atoms with Crippen molar-refractivity contribution in [3.63, 3.8) is 0 Å². The van der Waals surface area contributed by atoms with Crippen LogP contribution in [-0.2, 0) is 16.6 Å². The molecular weight excluding hydrogens is 218 g/mol. The van der Waals surface area contributed by atoms with Crippen LogP contribution in [0.5, 0.6) is 0 Å². The lowest BCUT2D eigenvalue weighted by molar-refractivity contribution is 0.583. The van der Waals surface area contributed by atoms with Crippen LogP contribution < -0.4 is 5.32 Å². The molecule has 0 spiro atoms. The van der Waals surface area contributed by atoms with E-state index in [0.717, 1.165) is 0 Å². The Morgan fingerprint density at radius 3 is 2.50 bits per heavy atom. The highest BCUT2D eigenvalue weighted by Gasteiger charge is 2.17. The van der Waals surface area contributed by atoms with Crippen LogP contribution in [0.15, 0.2) is 24.3 Å². The first-order chi connectivity index (χ1) is 7.56. The molecule has 1 aromatic carbocycles. The zero-order valence-electron chi connectivity index (χ0n) is 10.5. The summed E-state index contributed by atoms with van der Waals surface area (Å²) in [6.07, 6.45) is 0. The third-order valence-electron chi connectivity index (χ3n) is 3.13.